The molecule has 1 amide bonds. The number of benzene rings is 2. The molecule has 1 aromatic heterocycles. The van der Waals surface area contributed by atoms with Crippen LogP contribution in [0.5, 0.6) is 0 Å². The molecule has 1 atom stereocenters. The number of likely N-dealkylation sites (N-methyl/N-ethyl adjacent to an activating group) is 1. The second-order valence-electron chi connectivity index (χ2n) is 6.18. The topological polar surface area (TPSA) is 62.6 Å². The first-order chi connectivity index (χ1) is 12.0. The van der Waals surface area contributed by atoms with Crippen molar-refractivity contribution in [2.45, 2.75) is 6.04 Å². The van der Waals surface area contributed by atoms with Crippen molar-refractivity contribution in [2.24, 2.45) is 0 Å². The standard InChI is InChI=1S/C20H20N2O3/c1-22(2)13-17(14-8-4-3-5-9-14)21-19(23)16-12-15-10-6-7-11-18(15)25-20(16)24/h3-12,17H,13H2,1-2H3,(H,21,23)/t17-/m0/s1. The summed E-state index contributed by atoms with van der Waals surface area (Å²) in [6.45, 7) is 0.620. The smallest absolute Gasteiger partial charge is 0.349 e. The lowest BCUT2D eigenvalue weighted by Crippen LogP contribution is -2.37. The minimum absolute atomic E-state index is 0.0124. The SMILES string of the molecule is CN(C)C[C@H](NC(=O)c1cc2ccccc2oc1=O)c1ccccc1. The van der Waals surface area contributed by atoms with Crippen molar-refractivity contribution in [1.82, 2.24) is 10.2 Å². The van der Waals surface area contributed by atoms with Gasteiger partial charge in [-0.3, -0.25) is 4.79 Å². The van der Waals surface area contributed by atoms with Gasteiger partial charge in [-0.15, -0.1) is 0 Å². The molecular weight excluding hydrogens is 316 g/mol. The number of rotatable bonds is 5. The number of hydrogen-bond acceptors (Lipinski definition) is 4. The van der Waals surface area contributed by atoms with Crippen molar-refractivity contribution in [2.75, 3.05) is 20.6 Å². The summed E-state index contributed by atoms with van der Waals surface area (Å²) in [5, 5.41) is 3.66. The fourth-order valence-electron chi connectivity index (χ4n) is 2.74. The zero-order valence-electron chi connectivity index (χ0n) is 14.2. The average molecular weight is 336 g/mol. The number of hydrogen-bond donors (Lipinski definition) is 1. The molecule has 0 saturated heterocycles. The largest absolute Gasteiger partial charge is 0.422 e. The zero-order valence-corrected chi connectivity index (χ0v) is 14.2. The van der Waals surface area contributed by atoms with Crippen molar-refractivity contribution in [1.29, 1.82) is 0 Å². The first kappa shape index (κ1) is 16.9. The molecule has 0 saturated carbocycles. The van der Waals surface area contributed by atoms with Gasteiger partial charge in [-0.2, -0.15) is 0 Å². The lowest BCUT2D eigenvalue weighted by molar-refractivity contribution is 0.0926. The Morgan fingerprint density at radius 3 is 2.48 bits per heavy atom. The number of carbonyl (C=O) groups excluding carboxylic acids is 1. The van der Waals surface area contributed by atoms with E-state index in [1.165, 1.54) is 0 Å². The number of fused-ring (bicyclic) bond motifs is 1. The van der Waals surface area contributed by atoms with Crippen LogP contribution in [0.3, 0.4) is 0 Å². The summed E-state index contributed by atoms with van der Waals surface area (Å²) in [4.78, 5) is 26.8. The minimum atomic E-state index is -0.632. The van der Waals surface area contributed by atoms with E-state index in [-0.39, 0.29) is 11.6 Å². The zero-order chi connectivity index (χ0) is 17.8. The summed E-state index contributed by atoms with van der Waals surface area (Å²) in [5.74, 6) is -0.435. The van der Waals surface area contributed by atoms with E-state index in [2.05, 4.69) is 5.32 Å². The maximum atomic E-state index is 12.7. The van der Waals surface area contributed by atoms with Crippen molar-refractivity contribution < 1.29 is 9.21 Å². The molecule has 0 fully saturated rings. The summed E-state index contributed by atoms with van der Waals surface area (Å²) < 4.78 is 5.26. The molecule has 2 aromatic carbocycles. The summed E-state index contributed by atoms with van der Waals surface area (Å²) in [6.07, 6.45) is 0. The fourth-order valence-corrected chi connectivity index (χ4v) is 2.74. The van der Waals surface area contributed by atoms with Crippen LogP contribution in [0.4, 0.5) is 0 Å². The van der Waals surface area contributed by atoms with Crippen LogP contribution in [0.15, 0.2) is 69.9 Å². The van der Waals surface area contributed by atoms with Gasteiger partial charge in [-0.25, -0.2) is 4.79 Å². The number of nitrogens with one attached hydrogen (secondary N) is 1. The Kier molecular flexibility index (Phi) is 4.95. The molecule has 5 heteroatoms. The van der Waals surface area contributed by atoms with E-state index in [1.54, 1.807) is 18.2 Å². The maximum absolute atomic E-state index is 12.7. The first-order valence-corrected chi connectivity index (χ1v) is 8.08. The average Bonchev–Trinajstić information content (AvgIpc) is 2.61. The van der Waals surface area contributed by atoms with Gasteiger partial charge in [0.1, 0.15) is 11.1 Å². The van der Waals surface area contributed by atoms with Crippen molar-refractivity contribution >= 4 is 16.9 Å². The Hall–Kier alpha value is -2.92. The maximum Gasteiger partial charge on any atom is 0.349 e. The van der Waals surface area contributed by atoms with E-state index in [0.717, 1.165) is 10.9 Å². The molecule has 0 aliphatic rings. The van der Waals surface area contributed by atoms with Crippen molar-refractivity contribution in [3.63, 3.8) is 0 Å². The molecule has 0 aliphatic heterocycles. The first-order valence-electron chi connectivity index (χ1n) is 8.08. The van der Waals surface area contributed by atoms with E-state index in [9.17, 15) is 9.59 Å². The monoisotopic (exact) mass is 336 g/mol. The van der Waals surface area contributed by atoms with Crippen LogP contribution in [0.25, 0.3) is 11.0 Å². The number of nitrogens with zero attached hydrogens (tertiary/aromatic N) is 1. The molecule has 3 rings (SSSR count). The van der Waals surface area contributed by atoms with Crippen LogP contribution in [-0.4, -0.2) is 31.4 Å². The third-order valence-electron chi connectivity index (χ3n) is 3.94. The van der Waals surface area contributed by atoms with Crippen LogP contribution in [0.1, 0.15) is 22.0 Å². The van der Waals surface area contributed by atoms with Crippen LogP contribution in [-0.2, 0) is 0 Å². The number of para-hydroxylation sites is 1. The molecule has 0 unspecified atom stereocenters. The normalized spacial score (nSPS) is 12.3. The van der Waals surface area contributed by atoms with Gasteiger partial charge in [0.25, 0.3) is 5.91 Å². The Morgan fingerprint density at radius 2 is 1.76 bits per heavy atom. The van der Waals surface area contributed by atoms with Gasteiger partial charge in [0.05, 0.1) is 6.04 Å². The van der Waals surface area contributed by atoms with E-state index in [1.807, 2.05) is 61.5 Å². The van der Waals surface area contributed by atoms with Gasteiger partial charge >= 0.3 is 5.63 Å². The molecule has 1 N–H and O–H groups in total. The Morgan fingerprint density at radius 1 is 1.08 bits per heavy atom. The van der Waals surface area contributed by atoms with Gasteiger partial charge in [-0.05, 0) is 31.8 Å². The van der Waals surface area contributed by atoms with Crippen LogP contribution >= 0.6 is 0 Å². The highest BCUT2D eigenvalue weighted by atomic mass is 16.4. The molecule has 128 valence electrons. The number of carbonyl (C=O) groups is 1. The van der Waals surface area contributed by atoms with Crippen molar-refractivity contribution in [3.05, 3.63) is 82.2 Å². The predicted octanol–water partition coefficient (Wildman–Crippen LogP) is 2.83. The van der Waals surface area contributed by atoms with Gasteiger partial charge in [0.15, 0.2) is 0 Å². The van der Waals surface area contributed by atoms with E-state index < -0.39 is 11.5 Å². The van der Waals surface area contributed by atoms with E-state index in [4.69, 9.17) is 4.42 Å². The predicted molar refractivity (Wildman–Crippen MR) is 97.7 cm³/mol. The quantitative estimate of drug-likeness (QED) is 0.728. The lowest BCUT2D eigenvalue weighted by atomic mass is 10.1. The Balaban J connectivity index is 1.91. The molecular formula is C20H20N2O3. The highest BCUT2D eigenvalue weighted by Crippen LogP contribution is 2.16. The van der Waals surface area contributed by atoms with Crippen LogP contribution < -0.4 is 10.9 Å². The van der Waals surface area contributed by atoms with E-state index in [0.29, 0.717) is 12.1 Å². The molecule has 0 spiro atoms. The Bertz CT molecular complexity index is 932. The highest BCUT2D eigenvalue weighted by molar-refractivity contribution is 5.96. The minimum Gasteiger partial charge on any atom is -0.422 e. The molecule has 0 radical (unpaired) electrons. The molecule has 1 heterocycles. The van der Waals surface area contributed by atoms with E-state index >= 15 is 0 Å². The lowest BCUT2D eigenvalue weighted by Gasteiger charge is -2.22. The third kappa shape index (κ3) is 3.95. The van der Waals surface area contributed by atoms with Gasteiger partial charge in [0.2, 0.25) is 0 Å². The molecule has 0 bridgehead atoms. The van der Waals surface area contributed by atoms with Gasteiger partial charge in [-0.1, -0.05) is 48.5 Å². The molecule has 0 aliphatic carbocycles. The summed E-state index contributed by atoms with van der Waals surface area (Å²) in [7, 11) is 3.87. The third-order valence-corrected chi connectivity index (χ3v) is 3.94. The molecule has 5 nitrogen and oxygen atoms in total. The second-order valence-corrected chi connectivity index (χ2v) is 6.18. The van der Waals surface area contributed by atoms with Crippen LogP contribution in [0.2, 0.25) is 0 Å². The van der Waals surface area contributed by atoms with Crippen LogP contribution in [0, 0.1) is 0 Å². The summed E-state index contributed by atoms with van der Waals surface area (Å²) in [6, 6.07) is 18.2. The highest BCUT2D eigenvalue weighted by Gasteiger charge is 2.19. The number of amides is 1. The fraction of sp³-hybridized carbons (Fsp3) is 0.200. The van der Waals surface area contributed by atoms with Crippen molar-refractivity contribution in [3.8, 4) is 0 Å². The second kappa shape index (κ2) is 7.32. The molecule has 3 aromatic rings. The Labute approximate surface area is 145 Å². The summed E-state index contributed by atoms with van der Waals surface area (Å²) >= 11 is 0. The molecule has 25 heavy (non-hydrogen) atoms. The van der Waals surface area contributed by atoms with Gasteiger partial charge in [0, 0.05) is 11.9 Å². The van der Waals surface area contributed by atoms with Gasteiger partial charge < -0.3 is 14.6 Å². The summed E-state index contributed by atoms with van der Waals surface area (Å²) in [5.41, 5.74) is 0.831.